The number of hydrogen-bond donors (Lipinski definition) is 3. The van der Waals surface area contributed by atoms with Gasteiger partial charge in [-0.3, -0.25) is 9.11 Å². The average Bonchev–Trinajstić information content (AvgIpc) is 1.57. The van der Waals surface area contributed by atoms with E-state index in [4.69, 9.17) is 9.11 Å². The second kappa shape index (κ2) is 3.00. The Morgan fingerprint density at radius 1 is 1.50 bits per heavy atom. The minimum absolute atomic E-state index is 0.700. The number of halogens is 2. The standard InChI is InChI=1S/C4H11F2NO2S/c1-4(5,6)3-7-10(2,8)9/h7-9H,3H2,1-2H3. The van der Waals surface area contributed by atoms with E-state index in [2.05, 4.69) is 0 Å². The summed E-state index contributed by atoms with van der Waals surface area (Å²) in [5, 5.41) is 0. The molecule has 3 nitrogen and oxygen atoms in total. The van der Waals surface area contributed by atoms with Crippen LogP contribution in [0.1, 0.15) is 6.92 Å². The van der Waals surface area contributed by atoms with Gasteiger partial charge in [0.25, 0.3) is 5.92 Å². The lowest BCUT2D eigenvalue weighted by Crippen LogP contribution is -2.31. The molecule has 0 atom stereocenters. The predicted octanol–water partition coefficient (Wildman–Crippen LogP) is 1.53. The Kier molecular flexibility index (Phi) is 3.02. The van der Waals surface area contributed by atoms with Crippen LogP contribution in [0.25, 0.3) is 0 Å². The molecule has 0 amide bonds. The van der Waals surface area contributed by atoms with Gasteiger partial charge in [0, 0.05) is 13.2 Å². The number of alkyl halides is 2. The van der Waals surface area contributed by atoms with Crippen LogP contribution in [0.15, 0.2) is 0 Å². The van der Waals surface area contributed by atoms with Gasteiger partial charge in [-0.25, -0.2) is 13.5 Å². The maximum absolute atomic E-state index is 12.0. The maximum Gasteiger partial charge on any atom is 0.259 e. The smallest absolute Gasteiger partial charge is 0.259 e. The van der Waals surface area contributed by atoms with Crippen LogP contribution < -0.4 is 4.72 Å². The molecule has 6 heteroatoms. The Bertz CT molecular complexity index is 94.8. The van der Waals surface area contributed by atoms with Crippen molar-refractivity contribution in [3.05, 3.63) is 0 Å². The molecule has 0 aromatic heterocycles. The first-order chi connectivity index (χ1) is 4.21. The van der Waals surface area contributed by atoms with Gasteiger partial charge in [0.05, 0.1) is 6.54 Å². The molecule has 0 aliphatic carbocycles. The van der Waals surface area contributed by atoms with Crippen molar-refractivity contribution in [2.75, 3.05) is 12.8 Å². The van der Waals surface area contributed by atoms with Crippen molar-refractivity contribution in [1.29, 1.82) is 0 Å². The van der Waals surface area contributed by atoms with Gasteiger partial charge in [0.2, 0.25) is 0 Å². The Hall–Kier alpha value is 0.0900. The summed E-state index contributed by atoms with van der Waals surface area (Å²) >= 11 is 0. The highest BCUT2D eigenvalue weighted by Gasteiger charge is 2.22. The first-order valence-corrected chi connectivity index (χ1v) is 4.52. The summed E-state index contributed by atoms with van der Waals surface area (Å²) in [4.78, 5) is 0. The quantitative estimate of drug-likeness (QED) is 0.609. The highest BCUT2D eigenvalue weighted by molar-refractivity contribution is 8.22. The van der Waals surface area contributed by atoms with Gasteiger partial charge in [-0.05, 0) is 0 Å². The first kappa shape index (κ1) is 10.1. The predicted molar refractivity (Wildman–Crippen MR) is 37.4 cm³/mol. The molecule has 0 rings (SSSR count). The van der Waals surface area contributed by atoms with Crippen LogP contribution in [0.2, 0.25) is 0 Å². The Morgan fingerprint density at radius 3 is 2.00 bits per heavy atom. The third-order valence-electron chi connectivity index (χ3n) is 0.656. The highest BCUT2D eigenvalue weighted by Crippen LogP contribution is 2.28. The normalized spacial score (nSPS) is 15.4. The van der Waals surface area contributed by atoms with Crippen molar-refractivity contribution in [1.82, 2.24) is 4.72 Å². The molecule has 0 radical (unpaired) electrons. The number of hydrogen-bond acceptors (Lipinski definition) is 3. The van der Waals surface area contributed by atoms with E-state index in [-0.39, 0.29) is 0 Å². The zero-order valence-corrected chi connectivity index (χ0v) is 6.58. The van der Waals surface area contributed by atoms with Crippen molar-refractivity contribution in [2.24, 2.45) is 0 Å². The lowest BCUT2D eigenvalue weighted by atomic mass is 10.4. The topological polar surface area (TPSA) is 52.5 Å². The fraction of sp³-hybridized carbons (Fsp3) is 1.00. The molecular formula is C4H11F2NO2S. The van der Waals surface area contributed by atoms with Gasteiger partial charge in [0.15, 0.2) is 0 Å². The van der Waals surface area contributed by atoms with E-state index in [1.807, 2.05) is 4.72 Å². The summed E-state index contributed by atoms with van der Waals surface area (Å²) in [6.07, 6.45) is 1.05. The summed E-state index contributed by atoms with van der Waals surface area (Å²) in [5.74, 6) is -2.90. The van der Waals surface area contributed by atoms with Gasteiger partial charge in [-0.1, -0.05) is 0 Å². The number of rotatable bonds is 3. The molecule has 0 heterocycles. The summed E-state index contributed by atoms with van der Waals surface area (Å²) < 4.78 is 43.0. The Morgan fingerprint density at radius 2 is 1.90 bits per heavy atom. The molecule has 0 bridgehead atoms. The minimum atomic E-state index is -2.99. The van der Waals surface area contributed by atoms with Gasteiger partial charge in [-0.2, -0.15) is 0 Å². The monoisotopic (exact) mass is 175 g/mol. The van der Waals surface area contributed by atoms with E-state index in [0.29, 0.717) is 6.92 Å². The van der Waals surface area contributed by atoms with Crippen LogP contribution >= 0.6 is 10.8 Å². The maximum atomic E-state index is 12.0. The van der Waals surface area contributed by atoms with Gasteiger partial charge >= 0.3 is 0 Å². The molecular weight excluding hydrogens is 164 g/mol. The SMILES string of the molecule is CC(F)(F)CNS(C)(O)O. The lowest BCUT2D eigenvalue weighted by molar-refractivity contribution is 0.0275. The summed E-state index contributed by atoms with van der Waals surface area (Å²) in [6, 6.07) is 0. The second-order valence-electron chi connectivity index (χ2n) is 2.22. The van der Waals surface area contributed by atoms with E-state index in [0.717, 1.165) is 6.26 Å². The number of nitrogens with one attached hydrogen (secondary N) is 1. The molecule has 0 aliphatic rings. The van der Waals surface area contributed by atoms with E-state index in [9.17, 15) is 8.78 Å². The van der Waals surface area contributed by atoms with Crippen molar-refractivity contribution in [3.8, 4) is 0 Å². The van der Waals surface area contributed by atoms with Crippen LogP contribution in [-0.2, 0) is 0 Å². The van der Waals surface area contributed by atoms with Crippen molar-refractivity contribution >= 4 is 10.8 Å². The zero-order valence-electron chi connectivity index (χ0n) is 5.77. The van der Waals surface area contributed by atoms with E-state index < -0.39 is 23.2 Å². The molecule has 0 aromatic carbocycles. The summed E-state index contributed by atoms with van der Waals surface area (Å²) in [7, 11) is -2.99. The first-order valence-electron chi connectivity index (χ1n) is 2.56. The second-order valence-corrected chi connectivity index (χ2v) is 4.18. The van der Waals surface area contributed by atoms with Gasteiger partial charge < -0.3 is 0 Å². The highest BCUT2D eigenvalue weighted by atomic mass is 32.3. The van der Waals surface area contributed by atoms with Crippen molar-refractivity contribution in [2.45, 2.75) is 12.8 Å². The zero-order chi connectivity index (χ0) is 8.41. The Balaban J connectivity index is 3.56. The fourth-order valence-corrected chi connectivity index (χ4v) is 0.790. The van der Waals surface area contributed by atoms with Gasteiger partial charge in [0.1, 0.15) is 0 Å². The van der Waals surface area contributed by atoms with Crippen LogP contribution in [0.3, 0.4) is 0 Å². The molecule has 0 unspecified atom stereocenters. The molecule has 3 N–H and O–H groups in total. The molecule has 10 heavy (non-hydrogen) atoms. The molecule has 0 fully saturated rings. The minimum Gasteiger partial charge on any atom is -0.286 e. The van der Waals surface area contributed by atoms with Crippen LogP contribution in [0, 0.1) is 0 Å². The van der Waals surface area contributed by atoms with Gasteiger partial charge in [-0.15, -0.1) is 10.8 Å². The largest absolute Gasteiger partial charge is 0.286 e. The van der Waals surface area contributed by atoms with Crippen molar-refractivity contribution in [3.63, 3.8) is 0 Å². The third-order valence-corrected chi connectivity index (χ3v) is 1.35. The molecule has 0 aromatic rings. The van der Waals surface area contributed by atoms with E-state index in [1.165, 1.54) is 0 Å². The molecule has 64 valence electrons. The third kappa shape index (κ3) is 8.09. The lowest BCUT2D eigenvalue weighted by Gasteiger charge is -2.28. The Labute approximate surface area is 59.9 Å². The van der Waals surface area contributed by atoms with Crippen molar-refractivity contribution < 1.29 is 17.9 Å². The van der Waals surface area contributed by atoms with Crippen LogP contribution in [0.5, 0.6) is 0 Å². The average molecular weight is 175 g/mol. The molecule has 0 aliphatic heterocycles. The fourth-order valence-electron chi connectivity index (χ4n) is 0.263. The molecule has 0 saturated carbocycles. The summed E-state index contributed by atoms with van der Waals surface area (Å²) in [6.45, 7) is -0.0169. The van der Waals surface area contributed by atoms with Crippen LogP contribution in [0.4, 0.5) is 8.78 Å². The van der Waals surface area contributed by atoms with E-state index in [1.54, 1.807) is 0 Å². The summed E-state index contributed by atoms with van der Waals surface area (Å²) in [5.41, 5.74) is 0. The molecule has 0 spiro atoms. The van der Waals surface area contributed by atoms with E-state index >= 15 is 0 Å². The molecule has 0 saturated heterocycles. The van der Waals surface area contributed by atoms with Crippen LogP contribution in [-0.4, -0.2) is 27.8 Å².